The fraction of sp³-hybridized carbons (Fsp3) is 0.385. The van der Waals surface area contributed by atoms with Crippen LogP contribution < -0.4 is 20.3 Å². The summed E-state index contributed by atoms with van der Waals surface area (Å²) in [4.78, 5) is 24.1. The first-order valence-electron chi connectivity index (χ1n) is 13.5. The number of aromatic nitrogens is 6. The van der Waals surface area contributed by atoms with E-state index in [2.05, 4.69) is 20.5 Å². The van der Waals surface area contributed by atoms with Crippen LogP contribution in [0.3, 0.4) is 0 Å². The summed E-state index contributed by atoms with van der Waals surface area (Å²) in [7, 11) is 3.75. The third-order valence-electron chi connectivity index (χ3n) is 6.79. The molecule has 1 aromatic carbocycles. The molecule has 0 saturated heterocycles. The van der Waals surface area contributed by atoms with Crippen molar-refractivity contribution in [3.63, 3.8) is 0 Å². The molecule has 5 aromatic rings. The highest BCUT2D eigenvalue weighted by molar-refractivity contribution is 7.21. The summed E-state index contributed by atoms with van der Waals surface area (Å²) in [5.74, 6) is -0.199. The van der Waals surface area contributed by atoms with Gasteiger partial charge >= 0.3 is 21.4 Å². The van der Waals surface area contributed by atoms with E-state index in [1.165, 1.54) is 32.0 Å². The quantitative estimate of drug-likeness (QED) is 0.230. The van der Waals surface area contributed by atoms with Gasteiger partial charge in [-0.05, 0) is 57.9 Å². The number of nitrogens with zero attached hydrogens (tertiary/aromatic N) is 10. The fourth-order valence-corrected chi connectivity index (χ4v) is 6.38. The van der Waals surface area contributed by atoms with Gasteiger partial charge in [0.05, 0.1) is 29.0 Å². The summed E-state index contributed by atoms with van der Waals surface area (Å²) in [5.41, 5.74) is 0.512. The Morgan fingerprint density at radius 2 is 1.29 bits per heavy atom. The zero-order chi connectivity index (χ0) is 30.0. The number of azo groups is 2. The van der Waals surface area contributed by atoms with Crippen LogP contribution >= 0.6 is 22.7 Å². The van der Waals surface area contributed by atoms with Crippen LogP contribution in [0.2, 0.25) is 0 Å². The number of para-hydroxylation sites is 1. The Hall–Kier alpha value is -4.44. The summed E-state index contributed by atoms with van der Waals surface area (Å²) < 4.78 is 10.9. The number of thiazole rings is 2. The summed E-state index contributed by atoms with van der Waals surface area (Å²) in [6, 6.07) is 7.95. The smallest absolute Gasteiger partial charge is 0.409 e. The van der Waals surface area contributed by atoms with E-state index in [1.807, 2.05) is 68.4 Å². The Bertz CT molecular complexity index is 1920. The molecular formula is C26H32N10O4S2+2. The summed E-state index contributed by atoms with van der Waals surface area (Å²) in [6.45, 7) is 6.50. The van der Waals surface area contributed by atoms with Crippen molar-refractivity contribution < 1.29 is 19.3 Å². The van der Waals surface area contributed by atoms with Crippen molar-refractivity contribution in [1.29, 1.82) is 0 Å². The van der Waals surface area contributed by atoms with Gasteiger partial charge in [-0.2, -0.15) is 0 Å². The van der Waals surface area contributed by atoms with Gasteiger partial charge < -0.3 is 10.2 Å². The van der Waals surface area contributed by atoms with Crippen molar-refractivity contribution in [1.82, 2.24) is 18.7 Å². The van der Waals surface area contributed by atoms with E-state index in [4.69, 9.17) is 0 Å². The average Bonchev–Trinajstić information content (AvgIpc) is 3.84. The molecule has 0 bridgehead atoms. The molecule has 14 nitrogen and oxygen atoms in total. The number of aryl methyl sites for hydroxylation is 2. The van der Waals surface area contributed by atoms with Gasteiger partial charge in [-0.3, -0.25) is 9.59 Å². The van der Waals surface area contributed by atoms with E-state index in [9.17, 15) is 19.8 Å². The lowest BCUT2D eigenvalue weighted by Gasteiger charge is -1.97. The minimum absolute atomic E-state index is 0.0113. The maximum Gasteiger partial charge on any atom is 0.409 e. The average molecular weight is 613 g/mol. The maximum atomic E-state index is 12.2. The molecule has 0 spiro atoms. The van der Waals surface area contributed by atoms with Crippen molar-refractivity contribution in [3.8, 4) is 11.8 Å². The van der Waals surface area contributed by atoms with Crippen LogP contribution in [0.15, 0.2) is 65.9 Å². The molecule has 0 radical (unpaired) electrons. The highest BCUT2D eigenvalue weighted by Crippen LogP contribution is 2.31. The second-order valence-corrected chi connectivity index (χ2v) is 11.1. The number of rotatable bonds is 4. The topological polar surface area (TPSA) is 152 Å². The van der Waals surface area contributed by atoms with Crippen molar-refractivity contribution in [2.45, 2.75) is 52.9 Å². The predicted molar refractivity (Wildman–Crippen MR) is 158 cm³/mol. The van der Waals surface area contributed by atoms with Crippen molar-refractivity contribution >= 4 is 54.5 Å². The molecule has 2 N–H and O–H groups in total. The molecule has 2 aliphatic rings. The first-order valence-corrected chi connectivity index (χ1v) is 15.2. The van der Waals surface area contributed by atoms with Crippen LogP contribution in [0.25, 0.3) is 10.2 Å². The van der Waals surface area contributed by atoms with E-state index in [1.54, 1.807) is 13.9 Å². The fourth-order valence-electron chi connectivity index (χ4n) is 4.73. The van der Waals surface area contributed by atoms with Crippen LogP contribution in [0.5, 0.6) is 11.8 Å². The molecule has 7 rings (SSSR count). The lowest BCUT2D eigenvalue weighted by molar-refractivity contribution is -0.654. The van der Waals surface area contributed by atoms with Crippen LogP contribution in [0.4, 0.5) is 21.6 Å². The van der Waals surface area contributed by atoms with Gasteiger partial charge in [-0.1, -0.05) is 26.0 Å². The second-order valence-electron chi connectivity index (χ2n) is 9.26. The molecule has 42 heavy (non-hydrogen) atoms. The van der Waals surface area contributed by atoms with E-state index in [0.29, 0.717) is 36.4 Å². The molecule has 220 valence electrons. The number of aromatic hydroxyl groups is 2. The monoisotopic (exact) mass is 612 g/mol. The minimum atomic E-state index is -0.289. The molecule has 0 unspecified atom stereocenters. The molecule has 4 aromatic heterocycles. The third-order valence-corrected chi connectivity index (χ3v) is 8.74. The SMILES string of the molecule is CC.C[n+]1c(N=Nc2c(O)n3n(c2=O)CCC3)sc2ccccc21.C[n+]1ccsc1N=Nc1c(O)n2n(c1=O)CCC2. The molecule has 0 aliphatic carbocycles. The Morgan fingerprint density at radius 1 is 0.762 bits per heavy atom. The molecule has 0 amide bonds. The number of hydrogen-bond acceptors (Lipinski definition) is 10. The van der Waals surface area contributed by atoms with Crippen LogP contribution in [-0.4, -0.2) is 28.9 Å². The summed E-state index contributed by atoms with van der Waals surface area (Å²) in [5, 5.41) is 39.3. The van der Waals surface area contributed by atoms with Gasteiger partial charge in [-0.25, -0.2) is 27.9 Å². The van der Waals surface area contributed by atoms with E-state index >= 15 is 0 Å². The van der Waals surface area contributed by atoms with Gasteiger partial charge in [0.1, 0.15) is 11.7 Å². The Balaban J connectivity index is 0.000000162. The summed E-state index contributed by atoms with van der Waals surface area (Å²) >= 11 is 2.91. The maximum absolute atomic E-state index is 12.2. The molecule has 2 aliphatic heterocycles. The Labute approximate surface area is 248 Å². The molecule has 0 fully saturated rings. The number of hydrogen-bond donors (Lipinski definition) is 2. The largest absolute Gasteiger partial charge is 0.492 e. The van der Waals surface area contributed by atoms with Gasteiger partial charge in [0.25, 0.3) is 0 Å². The van der Waals surface area contributed by atoms with Crippen molar-refractivity contribution in [2.75, 3.05) is 0 Å². The standard InChI is InChI=1S/C14H13N5O2S.C10H11N5O2S.C2H6/c1-17-9-5-2-3-6-10(9)22-14(17)16-15-11-12(20)18-7-4-8-19(18)13(11)21;1-13-5-6-18-10(13)12-11-7-8(16)14-3-2-4-15(14)9(7)17;1-2/h2-3,5-6H,4,7-8H2,1H3;5-6H,2-4H2,1H3;1-2H3/p+2. The zero-order valence-corrected chi connectivity index (χ0v) is 25.3. The van der Waals surface area contributed by atoms with Gasteiger partial charge in [0.2, 0.25) is 23.1 Å². The normalized spacial score (nSPS) is 13.8. The first-order chi connectivity index (χ1) is 20.3. The van der Waals surface area contributed by atoms with Gasteiger partial charge in [0, 0.05) is 31.6 Å². The second kappa shape index (κ2) is 12.2. The van der Waals surface area contributed by atoms with Crippen LogP contribution in [-0.2, 0) is 40.3 Å². The van der Waals surface area contributed by atoms with Crippen LogP contribution in [0.1, 0.15) is 26.7 Å². The van der Waals surface area contributed by atoms with E-state index < -0.39 is 0 Å². The van der Waals surface area contributed by atoms with E-state index in [-0.39, 0.29) is 34.3 Å². The van der Waals surface area contributed by atoms with Gasteiger partial charge in [-0.15, -0.1) is 0 Å². The Kier molecular flexibility index (Phi) is 8.44. The van der Waals surface area contributed by atoms with Crippen LogP contribution in [0, 0.1) is 0 Å². The molecule has 16 heteroatoms. The zero-order valence-electron chi connectivity index (χ0n) is 23.7. The van der Waals surface area contributed by atoms with Crippen molar-refractivity contribution in [2.24, 2.45) is 34.6 Å². The molecule has 0 saturated carbocycles. The third kappa shape index (κ3) is 5.18. The first kappa shape index (κ1) is 29.1. The predicted octanol–water partition coefficient (Wildman–Crippen LogP) is 4.30. The summed E-state index contributed by atoms with van der Waals surface area (Å²) in [6.07, 6.45) is 3.57. The van der Waals surface area contributed by atoms with Crippen molar-refractivity contribution in [3.05, 3.63) is 56.5 Å². The number of fused-ring (bicyclic) bond motifs is 3. The Morgan fingerprint density at radius 3 is 1.79 bits per heavy atom. The lowest BCUT2D eigenvalue weighted by atomic mass is 10.3. The molecule has 6 heterocycles. The number of benzene rings is 1. The molecule has 0 atom stereocenters. The lowest BCUT2D eigenvalue weighted by Crippen LogP contribution is -2.25. The minimum Gasteiger partial charge on any atom is -0.492 e. The molecular weight excluding hydrogens is 580 g/mol. The highest BCUT2D eigenvalue weighted by atomic mass is 32.1. The van der Waals surface area contributed by atoms with Gasteiger partial charge in [0.15, 0.2) is 0 Å². The highest BCUT2D eigenvalue weighted by Gasteiger charge is 2.26. The van der Waals surface area contributed by atoms with E-state index in [0.717, 1.165) is 23.1 Å².